The Hall–Kier alpha value is -0.310. The molecule has 0 aliphatic heterocycles. The van der Waals surface area contributed by atoms with Gasteiger partial charge in [-0.1, -0.05) is 23.2 Å². The third-order valence-electron chi connectivity index (χ3n) is 1.74. The maximum absolute atomic E-state index is 5.74. The largest absolute Gasteiger partial charge is 0.330 e. The van der Waals surface area contributed by atoms with Crippen molar-refractivity contribution in [3.8, 4) is 0 Å². The van der Waals surface area contributed by atoms with E-state index in [0.717, 1.165) is 31.4 Å². The molecule has 2 nitrogen and oxygen atoms in total. The van der Waals surface area contributed by atoms with E-state index in [0.29, 0.717) is 10.3 Å². The molecule has 1 aromatic heterocycles. The number of nitrogens with two attached hydrogens (primary N) is 1. The van der Waals surface area contributed by atoms with Gasteiger partial charge in [0.15, 0.2) is 0 Å². The molecule has 0 aliphatic rings. The molecule has 0 atom stereocenters. The first-order valence-electron chi connectivity index (χ1n) is 4.24. The molecule has 72 valence electrons. The van der Waals surface area contributed by atoms with Crippen LogP contribution in [0.5, 0.6) is 0 Å². The molecular weight excluding hydrogens is 207 g/mol. The molecule has 4 heteroatoms. The van der Waals surface area contributed by atoms with E-state index in [1.165, 1.54) is 0 Å². The van der Waals surface area contributed by atoms with Crippen LogP contribution in [0.2, 0.25) is 10.3 Å². The minimum absolute atomic E-state index is 0.454. The average Bonchev–Trinajstić information content (AvgIpc) is 2.03. The van der Waals surface area contributed by atoms with Crippen molar-refractivity contribution >= 4 is 23.2 Å². The second kappa shape index (κ2) is 5.43. The van der Waals surface area contributed by atoms with Gasteiger partial charge < -0.3 is 5.73 Å². The Morgan fingerprint density at radius 3 is 2.31 bits per heavy atom. The molecular formula is C9H12Cl2N2. The quantitative estimate of drug-likeness (QED) is 0.624. The Morgan fingerprint density at radius 2 is 1.77 bits per heavy atom. The van der Waals surface area contributed by atoms with E-state index in [1.54, 1.807) is 0 Å². The van der Waals surface area contributed by atoms with Gasteiger partial charge in [0, 0.05) is 0 Å². The summed E-state index contributed by atoms with van der Waals surface area (Å²) in [6, 6.07) is 3.67. The molecule has 1 aromatic rings. The van der Waals surface area contributed by atoms with E-state index in [2.05, 4.69) is 4.98 Å². The zero-order chi connectivity index (χ0) is 9.68. The molecule has 0 fully saturated rings. The summed E-state index contributed by atoms with van der Waals surface area (Å²) in [6.07, 6.45) is 3.05. The molecule has 13 heavy (non-hydrogen) atoms. The van der Waals surface area contributed by atoms with Crippen molar-refractivity contribution in [3.63, 3.8) is 0 Å². The second-order valence-electron chi connectivity index (χ2n) is 2.87. The monoisotopic (exact) mass is 218 g/mol. The highest BCUT2D eigenvalue weighted by molar-refractivity contribution is 6.32. The van der Waals surface area contributed by atoms with Crippen molar-refractivity contribution in [2.45, 2.75) is 19.3 Å². The van der Waals surface area contributed by atoms with Crippen molar-refractivity contribution in [2.75, 3.05) is 6.54 Å². The van der Waals surface area contributed by atoms with Crippen molar-refractivity contribution < 1.29 is 0 Å². The number of rotatable bonds is 4. The van der Waals surface area contributed by atoms with Crippen LogP contribution < -0.4 is 5.73 Å². The van der Waals surface area contributed by atoms with Gasteiger partial charge in [-0.3, -0.25) is 0 Å². The molecule has 0 radical (unpaired) electrons. The van der Waals surface area contributed by atoms with Gasteiger partial charge in [0.1, 0.15) is 10.3 Å². The van der Waals surface area contributed by atoms with Gasteiger partial charge in [0.2, 0.25) is 0 Å². The van der Waals surface area contributed by atoms with Gasteiger partial charge in [0.25, 0.3) is 0 Å². The fraction of sp³-hybridized carbons (Fsp3) is 0.444. The van der Waals surface area contributed by atoms with Crippen LogP contribution >= 0.6 is 23.2 Å². The van der Waals surface area contributed by atoms with E-state index >= 15 is 0 Å². The topological polar surface area (TPSA) is 38.9 Å². The van der Waals surface area contributed by atoms with Crippen LogP contribution in [-0.2, 0) is 6.42 Å². The van der Waals surface area contributed by atoms with Crippen LogP contribution in [0.3, 0.4) is 0 Å². The fourth-order valence-corrected chi connectivity index (χ4v) is 1.64. The SMILES string of the molecule is NCCCCc1cc(Cl)nc(Cl)c1. The van der Waals surface area contributed by atoms with E-state index in [1.807, 2.05) is 12.1 Å². The lowest BCUT2D eigenvalue weighted by atomic mass is 10.1. The Kier molecular flexibility index (Phi) is 4.50. The summed E-state index contributed by atoms with van der Waals surface area (Å²) < 4.78 is 0. The number of nitrogens with zero attached hydrogens (tertiary/aromatic N) is 1. The van der Waals surface area contributed by atoms with E-state index in [9.17, 15) is 0 Å². The predicted molar refractivity (Wildman–Crippen MR) is 56.2 cm³/mol. The summed E-state index contributed by atoms with van der Waals surface area (Å²) in [4.78, 5) is 3.87. The summed E-state index contributed by atoms with van der Waals surface area (Å²) >= 11 is 11.5. The molecule has 0 aromatic carbocycles. The molecule has 0 bridgehead atoms. The number of pyridine rings is 1. The van der Waals surface area contributed by atoms with Crippen LogP contribution in [-0.4, -0.2) is 11.5 Å². The first kappa shape index (κ1) is 10.8. The van der Waals surface area contributed by atoms with Crippen LogP contribution in [0.4, 0.5) is 0 Å². The van der Waals surface area contributed by atoms with Crippen molar-refractivity contribution in [1.29, 1.82) is 0 Å². The normalized spacial score (nSPS) is 10.4. The zero-order valence-corrected chi connectivity index (χ0v) is 8.78. The van der Waals surface area contributed by atoms with E-state index in [-0.39, 0.29) is 0 Å². The number of hydrogen-bond acceptors (Lipinski definition) is 2. The molecule has 0 saturated carbocycles. The van der Waals surface area contributed by atoms with Gasteiger partial charge in [-0.05, 0) is 43.5 Å². The Balaban J connectivity index is 2.56. The maximum Gasteiger partial charge on any atom is 0.131 e. The van der Waals surface area contributed by atoms with Crippen molar-refractivity contribution in [2.24, 2.45) is 5.73 Å². The van der Waals surface area contributed by atoms with E-state index in [4.69, 9.17) is 28.9 Å². The third kappa shape index (κ3) is 3.94. The first-order valence-corrected chi connectivity index (χ1v) is 5.00. The highest BCUT2D eigenvalue weighted by Crippen LogP contribution is 2.16. The lowest BCUT2D eigenvalue weighted by Gasteiger charge is -2.01. The standard InChI is InChI=1S/C9H12Cl2N2/c10-8-5-7(3-1-2-4-12)6-9(11)13-8/h5-6H,1-4,12H2. The number of aryl methyl sites for hydroxylation is 1. The number of aromatic nitrogens is 1. The lowest BCUT2D eigenvalue weighted by Crippen LogP contribution is -1.99. The van der Waals surface area contributed by atoms with Gasteiger partial charge in [-0.2, -0.15) is 0 Å². The maximum atomic E-state index is 5.74. The minimum atomic E-state index is 0.454. The summed E-state index contributed by atoms with van der Waals surface area (Å²) in [7, 11) is 0. The number of unbranched alkanes of at least 4 members (excludes halogenated alkanes) is 1. The molecule has 1 rings (SSSR count). The van der Waals surface area contributed by atoms with E-state index < -0.39 is 0 Å². The van der Waals surface area contributed by atoms with Crippen LogP contribution in [0.1, 0.15) is 18.4 Å². The van der Waals surface area contributed by atoms with Crippen LogP contribution in [0, 0.1) is 0 Å². The zero-order valence-electron chi connectivity index (χ0n) is 7.26. The predicted octanol–water partition coefficient (Wildman–Crippen LogP) is 2.67. The second-order valence-corrected chi connectivity index (χ2v) is 3.64. The summed E-state index contributed by atoms with van der Waals surface area (Å²) in [6.45, 7) is 0.729. The summed E-state index contributed by atoms with van der Waals surface area (Å²) in [5.41, 5.74) is 6.51. The summed E-state index contributed by atoms with van der Waals surface area (Å²) in [5.74, 6) is 0. The Labute approximate surface area is 88.1 Å². The molecule has 0 amide bonds. The number of halogens is 2. The van der Waals surface area contributed by atoms with Gasteiger partial charge in [0.05, 0.1) is 0 Å². The van der Waals surface area contributed by atoms with Gasteiger partial charge >= 0.3 is 0 Å². The smallest absolute Gasteiger partial charge is 0.131 e. The average molecular weight is 219 g/mol. The molecule has 2 N–H and O–H groups in total. The van der Waals surface area contributed by atoms with Crippen LogP contribution in [0.15, 0.2) is 12.1 Å². The molecule has 1 heterocycles. The van der Waals surface area contributed by atoms with Gasteiger partial charge in [-0.25, -0.2) is 4.98 Å². The molecule has 0 spiro atoms. The van der Waals surface area contributed by atoms with Crippen molar-refractivity contribution in [3.05, 3.63) is 28.0 Å². The Morgan fingerprint density at radius 1 is 1.15 bits per heavy atom. The summed E-state index contributed by atoms with van der Waals surface area (Å²) in [5, 5.41) is 0.908. The van der Waals surface area contributed by atoms with Crippen molar-refractivity contribution in [1.82, 2.24) is 4.98 Å². The van der Waals surface area contributed by atoms with Crippen LogP contribution in [0.25, 0.3) is 0 Å². The molecule has 0 saturated heterocycles. The highest BCUT2D eigenvalue weighted by atomic mass is 35.5. The fourth-order valence-electron chi connectivity index (χ4n) is 1.13. The lowest BCUT2D eigenvalue weighted by molar-refractivity contribution is 0.744. The Bertz CT molecular complexity index is 256. The first-order chi connectivity index (χ1) is 6.22. The third-order valence-corrected chi connectivity index (χ3v) is 2.13. The number of hydrogen-bond donors (Lipinski definition) is 1. The molecule has 0 aliphatic carbocycles. The van der Waals surface area contributed by atoms with Gasteiger partial charge in [-0.15, -0.1) is 0 Å². The minimum Gasteiger partial charge on any atom is -0.330 e. The molecule has 0 unspecified atom stereocenters. The highest BCUT2D eigenvalue weighted by Gasteiger charge is 1.98.